The number of esters is 1. The molecule has 2 aliphatic rings. The number of aryl methyl sites for hydroxylation is 1. The Labute approximate surface area is 262 Å². The van der Waals surface area contributed by atoms with Crippen molar-refractivity contribution in [1.82, 2.24) is 4.90 Å². The first-order valence-corrected chi connectivity index (χ1v) is 16.6. The second-order valence-electron chi connectivity index (χ2n) is 11.0. The number of nitrogens with zero attached hydrogens (tertiary/aromatic N) is 1. The van der Waals surface area contributed by atoms with Gasteiger partial charge in [0.25, 0.3) is 0 Å². The number of aliphatic carboxylic acids is 1. The molecule has 3 atom stereocenters. The van der Waals surface area contributed by atoms with E-state index in [4.69, 9.17) is 9.26 Å². The Hall–Kier alpha value is -1.18. The third kappa shape index (κ3) is 14.1. The molecule has 1 aromatic rings. The zero-order valence-corrected chi connectivity index (χ0v) is 27.9. The number of carbonyl (C=O) groups excluding carboxylic acids is 3. The number of amides is 1. The van der Waals surface area contributed by atoms with Crippen LogP contribution in [0.15, 0.2) is 30.3 Å². The van der Waals surface area contributed by atoms with Crippen molar-refractivity contribution in [3.8, 4) is 0 Å². The molecule has 3 unspecified atom stereocenters. The first kappa shape index (κ1) is 36.8. The molecule has 0 N–H and O–H groups in total. The number of unbranched alkanes of at least 4 members (excludes halogenated alkanes) is 1. The zero-order valence-electron chi connectivity index (χ0n) is 25.0. The molecule has 8 nitrogen and oxygen atoms in total. The molecule has 1 aliphatic heterocycles. The van der Waals surface area contributed by atoms with Gasteiger partial charge in [0, 0.05) is 43.5 Å². The van der Waals surface area contributed by atoms with Gasteiger partial charge in [0.05, 0.1) is 0 Å². The van der Waals surface area contributed by atoms with Crippen LogP contribution >= 0.6 is 7.37 Å². The average Bonchev–Trinajstić information content (AvgIpc) is 3.44. The van der Waals surface area contributed by atoms with Gasteiger partial charge in [-0.1, -0.05) is 89.6 Å². The van der Waals surface area contributed by atoms with Gasteiger partial charge in [0.15, 0.2) is 0 Å². The van der Waals surface area contributed by atoms with E-state index in [2.05, 4.69) is 0 Å². The molecule has 0 radical (unpaired) electrons. The van der Waals surface area contributed by atoms with E-state index in [9.17, 15) is 24.1 Å². The number of carbonyl (C=O) groups is 3. The fraction of sp³-hybridized carbons (Fsp3) is 0.700. The molecule has 40 heavy (non-hydrogen) atoms. The summed E-state index contributed by atoms with van der Waals surface area (Å²) in [5, 5.41) is 11.1. The van der Waals surface area contributed by atoms with Crippen molar-refractivity contribution in [2.24, 2.45) is 11.8 Å². The number of hydrogen-bond acceptors (Lipinski definition) is 7. The summed E-state index contributed by atoms with van der Waals surface area (Å²) in [5.74, 6) is -3.02. The van der Waals surface area contributed by atoms with Gasteiger partial charge in [0.2, 0.25) is 19.6 Å². The average molecular weight is 588 g/mol. The summed E-state index contributed by atoms with van der Waals surface area (Å²) in [4.78, 5) is 37.2. The third-order valence-corrected chi connectivity index (χ3v) is 9.53. The van der Waals surface area contributed by atoms with E-state index in [1.165, 1.54) is 49.0 Å². The number of carboxylic acid groups (broad SMARTS) is 1. The third-order valence-electron chi connectivity index (χ3n) is 7.18. The van der Waals surface area contributed by atoms with Crippen LogP contribution in [0.4, 0.5) is 0 Å². The van der Waals surface area contributed by atoms with Crippen LogP contribution in [0.2, 0.25) is 0 Å². The Morgan fingerprint density at radius 1 is 1.02 bits per heavy atom. The maximum absolute atomic E-state index is 13.8. The monoisotopic (exact) mass is 587 g/mol. The SMILES string of the molecule is C1CCCCC1.CCC(=O)OC(OP(=O)(CCCCc1ccccc1)CC(=O)N1CCC(C(=O)[O-])C1)C(C)C.[Na+]. The van der Waals surface area contributed by atoms with Crippen molar-refractivity contribution in [2.75, 3.05) is 25.4 Å². The molecule has 220 valence electrons. The molecule has 1 amide bonds. The number of benzene rings is 1. The van der Waals surface area contributed by atoms with Crippen LogP contribution in [-0.4, -0.2) is 54.4 Å². The van der Waals surface area contributed by atoms with Gasteiger partial charge in [-0.2, -0.15) is 0 Å². The van der Waals surface area contributed by atoms with E-state index in [-0.39, 0.29) is 67.3 Å². The van der Waals surface area contributed by atoms with E-state index >= 15 is 0 Å². The Morgan fingerprint density at radius 3 is 2.12 bits per heavy atom. The summed E-state index contributed by atoms with van der Waals surface area (Å²) in [7, 11) is -3.50. The molecule has 2 fully saturated rings. The smallest absolute Gasteiger partial charge is 0.550 e. The summed E-state index contributed by atoms with van der Waals surface area (Å²) >= 11 is 0. The topological polar surface area (TPSA) is 113 Å². The van der Waals surface area contributed by atoms with Gasteiger partial charge in [-0.05, 0) is 31.2 Å². The second kappa shape index (κ2) is 19.9. The minimum Gasteiger partial charge on any atom is -0.550 e. The predicted molar refractivity (Wildman–Crippen MR) is 150 cm³/mol. The molecular weight excluding hydrogens is 540 g/mol. The molecular formula is C30H47NNaO7P. The van der Waals surface area contributed by atoms with Crippen molar-refractivity contribution in [3.05, 3.63) is 35.9 Å². The quantitative estimate of drug-likeness (QED) is 0.114. The Morgan fingerprint density at radius 2 is 1.62 bits per heavy atom. The minimum absolute atomic E-state index is 0. The molecule has 3 rings (SSSR count). The summed E-state index contributed by atoms with van der Waals surface area (Å²) in [6.45, 7) is 5.57. The van der Waals surface area contributed by atoms with Gasteiger partial charge in [0.1, 0.15) is 6.16 Å². The van der Waals surface area contributed by atoms with Crippen LogP contribution in [0, 0.1) is 11.8 Å². The number of rotatable bonds is 13. The van der Waals surface area contributed by atoms with Crippen molar-refractivity contribution < 1.29 is 62.9 Å². The van der Waals surface area contributed by atoms with Crippen molar-refractivity contribution in [3.63, 3.8) is 0 Å². The first-order valence-electron chi connectivity index (χ1n) is 14.6. The Balaban J connectivity index is 0.00000101. The molecule has 0 aromatic heterocycles. The van der Waals surface area contributed by atoms with Crippen molar-refractivity contribution in [2.45, 2.75) is 97.7 Å². The number of hydrogen-bond donors (Lipinski definition) is 0. The van der Waals surface area contributed by atoms with Gasteiger partial charge < -0.3 is 19.5 Å². The minimum atomic E-state index is -3.50. The van der Waals surface area contributed by atoms with Gasteiger partial charge in [-0.3, -0.25) is 18.7 Å². The molecule has 1 saturated carbocycles. The summed E-state index contributed by atoms with van der Waals surface area (Å²) in [6.07, 6.45) is 10.5. The Bertz CT molecular complexity index is 928. The van der Waals surface area contributed by atoms with E-state index in [0.29, 0.717) is 12.8 Å². The molecule has 1 aliphatic carbocycles. The molecule has 0 spiro atoms. The first-order chi connectivity index (χ1) is 18.6. The van der Waals surface area contributed by atoms with Gasteiger partial charge in [-0.15, -0.1) is 0 Å². The van der Waals surface area contributed by atoms with Crippen molar-refractivity contribution in [1.29, 1.82) is 0 Å². The maximum Gasteiger partial charge on any atom is 1.00 e. The Kier molecular flexibility index (Phi) is 18.3. The fourth-order valence-electron chi connectivity index (χ4n) is 4.72. The van der Waals surface area contributed by atoms with E-state index in [0.717, 1.165) is 12.8 Å². The number of ether oxygens (including phenoxy) is 1. The van der Waals surface area contributed by atoms with E-state index in [1.54, 1.807) is 20.8 Å². The fourth-order valence-corrected chi connectivity index (χ4v) is 7.04. The van der Waals surface area contributed by atoms with Crippen LogP contribution in [0.5, 0.6) is 0 Å². The van der Waals surface area contributed by atoms with E-state index < -0.39 is 37.4 Å². The molecule has 0 bridgehead atoms. The maximum atomic E-state index is 13.8. The van der Waals surface area contributed by atoms with E-state index in [1.807, 2.05) is 30.3 Å². The van der Waals surface area contributed by atoms with Crippen LogP contribution < -0.4 is 34.7 Å². The van der Waals surface area contributed by atoms with Crippen LogP contribution in [0.1, 0.15) is 90.5 Å². The number of carboxylic acids is 1. The molecule has 1 aromatic carbocycles. The largest absolute Gasteiger partial charge is 1.00 e. The van der Waals surface area contributed by atoms with Crippen LogP contribution in [-0.2, 0) is 34.6 Å². The molecule has 10 heteroatoms. The summed E-state index contributed by atoms with van der Waals surface area (Å²) < 4.78 is 25.0. The summed E-state index contributed by atoms with van der Waals surface area (Å²) in [5.41, 5.74) is 1.17. The molecule has 1 heterocycles. The summed E-state index contributed by atoms with van der Waals surface area (Å²) in [6, 6.07) is 9.93. The van der Waals surface area contributed by atoms with Crippen molar-refractivity contribution >= 4 is 25.2 Å². The molecule has 1 saturated heterocycles. The van der Waals surface area contributed by atoms with Gasteiger partial charge in [-0.25, -0.2) is 0 Å². The predicted octanol–water partition coefficient (Wildman–Crippen LogP) is 2.18. The van der Waals surface area contributed by atoms with Crippen LogP contribution in [0.25, 0.3) is 0 Å². The zero-order chi connectivity index (χ0) is 28.7. The van der Waals surface area contributed by atoms with Crippen LogP contribution in [0.3, 0.4) is 0 Å². The number of likely N-dealkylation sites (tertiary alicyclic amines) is 1. The standard InChI is InChI=1S/C24H36NO7P.C6H12.Na/c1-4-22(27)31-24(18(2)3)32-33(30,15-9-8-12-19-10-6-5-7-11-19)17-21(26)25-14-13-20(16-25)23(28)29;1-2-4-6-5-3-1;/h5-7,10-11,18,20,24H,4,8-9,12-17H2,1-3H3,(H,28,29);1-6H2;/q;;+1/p-1. The normalized spacial score (nSPS) is 19.0. The van der Waals surface area contributed by atoms with Gasteiger partial charge >= 0.3 is 35.5 Å². The second-order valence-corrected chi connectivity index (χ2v) is 13.6.